The van der Waals surface area contributed by atoms with Crippen molar-refractivity contribution in [2.24, 2.45) is 0 Å². The van der Waals surface area contributed by atoms with Crippen LogP contribution in [0.5, 0.6) is 5.75 Å². The highest BCUT2D eigenvalue weighted by molar-refractivity contribution is 14.1. The lowest BCUT2D eigenvalue weighted by Gasteiger charge is -2.09. The average molecular weight is 421 g/mol. The van der Waals surface area contributed by atoms with Gasteiger partial charge in [0.25, 0.3) is 0 Å². The maximum atomic E-state index is 5.53. The Labute approximate surface area is 126 Å². The fourth-order valence-corrected chi connectivity index (χ4v) is 4.13. The summed E-state index contributed by atoms with van der Waals surface area (Å²) in [6.45, 7) is 0.822. The molecule has 1 aliphatic rings. The summed E-state index contributed by atoms with van der Waals surface area (Å²) in [5, 5.41) is 2.21. The van der Waals surface area contributed by atoms with Crippen molar-refractivity contribution in [1.82, 2.24) is 0 Å². The van der Waals surface area contributed by atoms with E-state index in [9.17, 15) is 0 Å². The second kappa shape index (κ2) is 4.90. The van der Waals surface area contributed by atoms with Crippen LogP contribution in [0, 0.1) is 2.88 Å². The molecule has 4 heteroatoms. The van der Waals surface area contributed by atoms with Gasteiger partial charge in [-0.25, -0.2) is 0 Å². The number of alkyl halides is 1. The largest absolute Gasteiger partial charge is 0.493 e. The van der Waals surface area contributed by atoms with Gasteiger partial charge in [0.2, 0.25) is 0 Å². The van der Waals surface area contributed by atoms with E-state index in [2.05, 4.69) is 68.2 Å². The van der Waals surface area contributed by atoms with Gasteiger partial charge >= 0.3 is 0 Å². The molecule has 17 heavy (non-hydrogen) atoms. The lowest BCUT2D eigenvalue weighted by Crippen LogP contribution is -1.91. The summed E-state index contributed by atoms with van der Waals surface area (Å²) in [7, 11) is 0. The first-order valence-corrected chi connectivity index (χ1v) is 8.25. The van der Waals surface area contributed by atoms with Crippen LogP contribution in [0.1, 0.15) is 21.5 Å². The van der Waals surface area contributed by atoms with Crippen molar-refractivity contribution in [2.75, 3.05) is 6.61 Å². The van der Waals surface area contributed by atoms with Crippen LogP contribution < -0.4 is 4.74 Å². The normalized spacial score (nSPS) is 15.4. The molecule has 2 aromatic rings. The fraction of sp³-hybridized carbons (Fsp3) is 0.231. The van der Waals surface area contributed by atoms with E-state index >= 15 is 0 Å². The molecule has 0 saturated carbocycles. The Kier molecular flexibility index (Phi) is 3.45. The lowest BCUT2D eigenvalue weighted by molar-refractivity contribution is 0.357. The van der Waals surface area contributed by atoms with E-state index in [-0.39, 0.29) is 4.83 Å². The molecule has 1 aliphatic heterocycles. The average Bonchev–Trinajstić information content (AvgIpc) is 2.95. The predicted molar refractivity (Wildman–Crippen MR) is 83.4 cm³/mol. The molecule has 0 aliphatic carbocycles. The highest BCUT2D eigenvalue weighted by Gasteiger charge is 2.17. The summed E-state index contributed by atoms with van der Waals surface area (Å²) in [5.74, 6) is 1.05. The van der Waals surface area contributed by atoms with Gasteiger partial charge in [0.05, 0.1) is 14.3 Å². The summed E-state index contributed by atoms with van der Waals surface area (Å²) >= 11 is 7.92. The van der Waals surface area contributed by atoms with Gasteiger partial charge in [0, 0.05) is 6.42 Å². The molecular formula is C13H10BrIOS. The summed E-state index contributed by atoms with van der Waals surface area (Å²) in [4.78, 5) is 0.285. The SMILES string of the molecule is BrC(c1csc(I)c1)c1ccc2c(c1)CCO2. The number of rotatable bonds is 2. The van der Waals surface area contributed by atoms with E-state index in [1.165, 1.54) is 19.6 Å². The zero-order valence-electron chi connectivity index (χ0n) is 8.95. The molecule has 0 saturated heterocycles. The Bertz CT molecular complexity index is 552. The van der Waals surface area contributed by atoms with Crippen LogP contribution in [0.15, 0.2) is 29.6 Å². The van der Waals surface area contributed by atoms with Crippen molar-refractivity contribution in [3.8, 4) is 5.75 Å². The van der Waals surface area contributed by atoms with E-state index in [4.69, 9.17) is 4.74 Å². The van der Waals surface area contributed by atoms with Crippen LogP contribution in [-0.2, 0) is 6.42 Å². The molecule has 1 aromatic carbocycles. The first-order chi connectivity index (χ1) is 8.24. The smallest absolute Gasteiger partial charge is 0.122 e. The van der Waals surface area contributed by atoms with E-state index in [0.29, 0.717) is 0 Å². The number of thiophene rings is 1. The highest BCUT2D eigenvalue weighted by atomic mass is 127. The van der Waals surface area contributed by atoms with E-state index in [1.54, 1.807) is 11.3 Å². The standard InChI is InChI=1S/C13H10BrIOS/c14-13(10-6-12(15)17-7-10)9-1-2-11-8(5-9)3-4-16-11/h1-2,5-7,13H,3-4H2. The summed E-state index contributed by atoms with van der Waals surface area (Å²) in [6, 6.07) is 8.72. The lowest BCUT2D eigenvalue weighted by atomic mass is 10.0. The molecule has 0 fully saturated rings. The molecule has 88 valence electrons. The zero-order valence-corrected chi connectivity index (χ0v) is 13.5. The second-order valence-corrected chi connectivity index (χ2v) is 7.73. The predicted octanol–water partition coefficient (Wildman–Crippen LogP) is 4.77. The third kappa shape index (κ3) is 2.39. The molecule has 1 nitrogen and oxygen atoms in total. The Morgan fingerprint density at radius 1 is 1.29 bits per heavy atom. The van der Waals surface area contributed by atoms with Crippen molar-refractivity contribution < 1.29 is 4.74 Å². The van der Waals surface area contributed by atoms with Gasteiger partial charge in [-0.3, -0.25) is 0 Å². The first kappa shape index (κ1) is 12.0. The summed E-state index contributed by atoms with van der Waals surface area (Å²) in [5.41, 5.74) is 3.97. The maximum Gasteiger partial charge on any atom is 0.122 e. The fourth-order valence-electron chi connectivity index (χ4n) is 2.01. The molecule has 1 aromatic heterocycles. The Balaban J connectivity index is 1.94. The van der Waals surface area contributed by atoms with Crippen LogP contribution in [0.3, 0.4) is 0 Å². The van der Waals surface area contributed by atoms with Crippen molar-refractivity contribution >= 4 is 49.9 Å². The molecule has 3 rings (SSSR count). The number of hydrogen-bond donors (Lipinski definition) is 0. The van der Waals surface area contributed by atoms with Crippen LogP contribution in [-0.4, -0.2) is 6.61 Å². The Hall–Kier alpha value is -0.0700. The monoisotopic (exact) mass is 420 g/mol. The summed E-state index contributed by atoms with van der Waals surface area (Å²) < 4.78 is 6.85. The highest BCUT2D eigenvalue weighted by Crippen LogP contribution is 2.36. The molecule has 1 atom stereocenters. The van der Waals surface area contributed by atoms with E-state index < -0.39 is 0 Å². The van der Waals surface area contributed by atoms with Gasteiger partial charge in [-0.15, -0.1) is 11.3 Å². The van der Waals surface area contributed by atoms with Crippen LogP contribution in [0.25, 0.3) is 0 Å². The van der Waals surface area contributed by atoms with Gasteiger partial charge in [-0.1, -0.05) is 28.1 Å². The topological polar surface area (TPSA) is 9.23 Å². The molecule has 1 unspecified atom stereocenters. The van der Waals surface area contributed by atoms with Crippen molar-refractivity contribution in [3.63, 3.8) is 0 Å². The van der Waals surface area contributed by atoms with Gasteiger partial charge < -0.3 is 4.74 Å². The molecule has 2 heterocycles. The van der Waals surface area contributed by atoms with E-state index in [0.717, 1.165) is 18.8 Å². The molecular weight excluding hydrogens is 411 g/mol. The first-order valence-electron chi connectivity index (χ1n) is 5.37. The molecule has 0 N–H and O–H groups in total. The van der Waals surface area contributed by atoms with Crippen LogP contribution in [0.4, 0.5) is 0 Å². The van der Waals surface area contributed by atoms with Crippen LogP contribution >= 0.6 is 49.9 Å². The summed E-state index contributed by atoms with van der Waals surface area (Å²) in [6.07, 6.45) is 1.03. The van der Waals surface area contributed by atoms with Crippen molar-refractivity contribution in [3.05, 3.63) is 49.2 Å². The third-order valence-electron chi connectivity index (χ3n) is 2.89. The second-order valence-electron chi connectivity index (χ2n) is 4.01. The number of fused-ring (bicyclic) bond motifs is 1. The van der Waals surface area contributed by atoms with Gasteiger partial charge in [0.1, 0.15) is 5.75 Å². The Morgan fingerprint density at radius 2 is 2.18 bits per heavy atom. The minimum atomic E-state index is 0.285. The number of ether oxygens (including phenoxy) is 1. The number of halogens is 2. The third-order valence-corrected chi connectivity index (χ3v) is 5.75. The van der Waals surface area contributed by atoms with Crippen molar-refractivity contribution in [1.29, 1.82) is 0 Å². The van der Waals surface area contributed by atoms with Crippen molar-refractivity contribution in [2.45, 2.75) is 11.2 Å². The number of benzene rings is 1. The molecule has 0 amide bonds. The van der Waals surface area contributed by atoms with Gasteiger partial charge in [0.15, 0.2) is 0 Å². The zero-order chi connectivity index (χ0) is 11.8. The Morgan fingerprint density at radius 3 is 2.94 bits per heavy atom. The quantitative estimate of drug-likeness (QED) is 0.502. The van der Waals surface area contributed by atoms with Crippen LogP contribution in [0.2, 0.25) is 0 Å². The molecule has 0 radical (unpaired) electrons. The number of hydrogen-bond acceptors (Lipinski definition) is 2. The van der Waals surface area contributed by atoms with Gasteiger partial charge in [-0.05, 0) is 56.8 Å². The maximum absolute atomic E-state index is 5.53. The minimum absolute atomic E-state index is 0.285. The van der Waals surface area contributed by atoms with Gasteiger partial charge in [-0.2, -0.15) is 0 Å². The minimum Gasteiger partial charge on any atom is -0.493 e. The molecule has 0 bridgehead atoms. The molecule has 0 spiro atoms. The van der Waals surface area contributed by atoms with E-state index in [1.807, 2.05) is 0 Å².